The SMILES string of the molecule is CC(C)COC(=O)Nc1cc(N)cc(F)c1. The number of carbonyl (C=O) groups is 1. The van der Waals surface area contributed by atoms with Crippen LogP contribution in [0.2, 0.25) is 0 Å². The number of nitrogen functional groups attached to an aromatic ring is 1. The molecule has 0 bridgehead atoms. The highest BCUT2D eigenvalue weighted by Crippen LogP contribution is 2.15. The highest BCUT2D eigenvalue weighted by Gasteiger charge is 2.06. The Bertz CT molecular complexity index is 360. The summed E-state index contributed by atoms with van der Waals surface area (Å²) >= 11 is 0. The molecular formula is C11H15FN2O2. The van der Waals surface area contributed by atoms with Crippen LogP contribution in [0.3, 0.4) is 0 Å². The van der Waals surface area contributed by atoms with E-state index in [-0.39, 0.29) is 17.3 Å². The van der Waals surface area contributed by atoms with Crippen LogP contribution in [0.5, 0.6) is 0 Å². The number of halogens is 1. The molecule has 0 aliphatic carbocycles. The second kappa shape index (κ2) is 5.34. The molecule has 0 spiro atoms. The Hall–Kier alpha value is -1.78. The highest BCUT2D eigenvalue weighted by molar-refractivity contribution is 5.85. The minimum atomic E-state index is -0.612. The van der Waals surface area contributed by atoms with Crippen LogP contribution in [0.4, 0.5) is 20.6 Å². The van der Waals surface area contributed by atoms with Gasteiger partial charge in [0.25, 0.3) is 0 Å². The summed E-state index contributed by atoms with van der Waals surface area (Å²) in [5.74, 6) is -0.248. The van der Waals surface area contributed by atoms with Crippen molar-refractivity contribution in [1.29, 1.82) is 0 Å². The van der Waals surface area contributed by atoms with Gasteiger partial charge in [0.05, 0.1) is 6.61 Å². The Morgan fingerprint density at radius 3 is 2.75 bits per heavy atom. The zero-order valence-corrected chi connectivity index (χ0v) is 9.29. The molecule has 0 fully saturated rings. The van der Waals surface area contributed by atoms with Crippen molar-refractivity contribution in [2.24, 2.45) is 5.92 Å². The van der Waals surface area contributed by atoms with Gasteiger partial charge in [-0.3, -0.25) is 5.32 Å². The predicted molar refractivity (Wildman–Crippen MR) is 60.6 cm³/mol. The maximum Gasteiger partial charge on any atom is 0.411 e. The van der Waals surface area contributed by atoms with Crippen molar-refractivity contribution >= 4 is 17.5 Å². The van der Waals surface area contributed by atoms with Gasteiger partial charge in [-0.15, -0.1) is 0 Å². The van der Waals surface area contributed by atoms with Gasteiger partial charge < -0.3 is 10.5 Å². The fourth-order valence-corrected chi connectivity index (χ4v) is 1.08. The molecule has 0 saturated carbocycles. The Labute approximate surface area is 93.6 Å². The molecule has 3 N–H and O–H groups in total. The average Bonchev–Trinajstić information content (AvgIpc) is 2.12. The molecule has 1 aromatic rings. The Morgan fingerprint density at radius 2 is 2.19 bits per heavy atom. The van der Waals surface area contributed by atoms with E-state index in [0.717, 1.165) is 0 Å². The lowest BCUT2D eigenvalue weighted by Crippen LogP contribution is -2.16. The van der Waals surface area contributed by atoms with Crippen molar-refractivity contribution in [2.75, 3.05) is 17.7 Å². The molecule has 4 nitrogen and oxygen atoms in total. The zero-order valence-electron chi connectivity index (χ0n) is 9.29. The van der Waals surface area contributed by atoms with Crippen LogP contribution in [0.25, 0.3) is 0 Å². The lowest BCUT2D eigenvalue weighted by Gasteiger charge is -2.09. The third kappa shape index (κ3) is 4.16. The van der Waals surface area contributed by atoms with Gasteiger partial charge in [-0.25, -0.2) is 9.18 Å². The first kappa shape index (κ1) is 12.3. The van der Waals surface area contributed by atoms with Crippen molar-refractivity contribution < 1.29 is 13.9 Å². The van der Waals surface area contributed by atoms with E-state index < -0.39 is 11.9 Å². The minimum absolute atomic E-state index is 0.249. The summed E-state index contributed by atoms with van der Waals surface area (Å²) in [5, 5.41) is 2.40. The van der Waals surface area contributed by atoms with E-state index in [4.69, 9.17) is 10.5 Å². The van der Waals surface area contributed by atoms with Crippen LogP contribution in [-0.4, -0.2) is 12.7 Å². The molecule has 1 amide bonds. The number of nitrogens with one attached hydrogen (secondary N) is 1. The van der Waals surface area contributed by atoms with E-state index in [1.165, 1.54) is 18.2 Å². The van der Waals surface area contributed by atoms with Crippen molar-refractivity contribution in [2.45, 2.75) is 13.8 Å². The fourth-order valence-electron chi connectivity index (χ4n) is 1.08. The van der Waals surface area contributed by atoms with Gasteiger partial charge in [0.1, 0.15) is 5.82 Å². The molecule has 0 unspecified atom stereocenters. The molecule has 0 aromatic heterocycles. The first-order valence-electron chi connectivity index (χ1n) is 4.97. The predicted octanol–water partition coefficient (Wildman–Crippen LogP) is 2.61. The van der Waals surface area contributed by atoms with E-state index >= 15 is 0 Å². The van der Waals surface area contributed by atoms with Crippen molar-refractivity contribution in [3.8, 4) is 0 Å². The number of amides is 1. The number of carbonyl (C=O) groups excluding carboxylic acids is 1. The van der Waals surface area contributed by atoms with Crippen LogP contribution in [0, 0.1) is 11.7 Å². The van der Waals surface area contributed by atoms with E-state index in [1.807, 2.05) is 13.8 Å². The Kier molecular flexibility index (Phi) is 4.10. The Morgan fingerprint density at radius 1 is 1.50 bits per heavy atom. The molecule has 1 aromatic carbocycles. The Balaban J connectivity index is 2.56. The summed E-state index contributed by atoms with van der Waals surface area (Å²) in [5.41, 5.74) is 5.96. The normalized spacial score (nSPS) is 10.2. The second-order valence-corrected chi connectivity index (χ2v) is 3.89. The van der Waals surface area contributed by atoms with Gasteiger partial charge in [0, 0.05) is 11.4 Å². The maximum absolute atomic E-state index is 12.9. The number of hydrogen-bond donors (Lipinski definition) is 2. The summed E-state index contributed by atoms with van der Waals surface area (Å²) in [4.78, 5) is 11.2. The summed E-state index contributed by atoms with van der Waals surface area (Å²) in [7, 11) is 0. The second-order valence-electron chi connectivity index (χ2n) is 3.89. The topological polar surface area (TPSA) is 64.3 Å². The molecule has 1 rings (SSSR count). The van der Waals surface area contributed by atoms with Crippen LogP contribution >= 0.6 is 0 Å². The average molecular weight is 226 g/mol. The lowest BCUT2D eigenvalue weighted by molar-refractivity contribution is 0.147. The first-order valence-corrected chi connectivity index (χ1v) is 4.97. The molecule has 0 aliphatic heterocycles. The monoisotopic (exact) mass is 226 g/mol. The van der Waals surface area contributed by atoms with Crippen molar-refractivity contribution in [3.05, 3.63) is 24.0 Å². The maximum atomic E-state index is 12.9. The summed E-state index contributed by atoms with van der Waals surface area (Å²) < 4.78 is 17.8. The molecular weight excluding hydrogens is 211 g/mol. The van der Waals surface area contributed by atoms with E-state index in [2.05, 4.69) is 5.32 Å². The number of hydrogen-bond acceptors (Lipinski definition) is 3. The molecule has 0 radical (unpaired) electrons. The van der Waals surface area contributed by atoms with Gasteiger partial charge in [-0.1, -0.05) is 13.8 Å². The van der Waals surface area contributed by atoms with Gasteiger partial charge in [0.2, 0.25) is 0 Å². The van der Waals surface area contributed by atoms with Crippen molar-refractivity contribution in [1.82, 2.24) is 0 Å². The molecule has 0 atom stereocenters. The van der Waals surface area contributed by atoms with Crippen LogP contribution in [0.15, 0.2) is 18.2 Å². The van der Waals surface area contributed by atoms with Crippen LogP contribution < -0.4 is 11.1 Å². The minimum Gasteiger partial charge on any atom is -0.449 e. The van der Waals surface area contributed by atoms with Crippen molar-refractivity contribution in [3.63, 3.8) is 0 Å². The molecule has 88 valence electrons. The van der Waals surface area contributed by atoms with E-state index in [0.29, 0.717) is 6.61 Å². The van der Waals surface area contributed by atoms with Crippen LogP contribution in [0.1, 0.15) is 13.8 Å². The zero-order chi connectivity index (χ0) is 12.1. The number of nitrogens with two attached hydrogens (primary N) is 1. The quantitative estimate of drug-likeness (QED) is 0.778. The molecule has 0 aliphatic rings. The molecule has 16 heavy (non-hydrogen) atoms. The van der Waals surface area contributed by atoms with Gasteiger partial charge in [-0.05, 0) is 24.1 Å². The van der Waals surface area contributed by atoms with Gasteiger partial charge in [0.15, 0.2) is 0 Å². The number of anilines is 2. The number of rotatable bonds is 3. The molecule has 5 heteroatoms. The standard InChI is InChI=1S/C11H15FN2O2/c1-7(2)6-16-11(15)14-10-4-8(12)3-9(13)5-10/h3-5,7H,6,13H2,1-2H3,(H,14,15). The molecule has 0 saturated heterocycles. The smallest absolute Gasteiger partial charge is 0.411 e. The fraction of sp³-hybridized carbons (Fsp3) is 0.364. The first-order chi connectivity index (χ1) is 7.47. The third-order valence-electron chi connectivity index (χ3n) is 1.71. The summed E-state index contributed by atoms with van der Waals surface area (Å²) in [6.45, 7) is 4.16. The van der Waals surface area contributed by atoms with Gasteiger partial charge >= 0.3 is 6.09 Å². The third-order valence-corrected chi connectivity index (χ3v) is 1.71. The summed E-state index contributed by atoms with van der Waals surface area (Å²) in [6, 6.07) is 3.80. The van der Waals surface area contributed by atoms with E-state index in [1.54, 1.807) is 0 Å². The lowest BCUT2D eigenvalue weighted by atomic mass is 10.2. The molecule has 0 heterocycles. The highest BCUT2D eigenvalue weighted by atomic mass is 19.1. The largest absolute Gasteiger partial charge is 0.449 e. The number of ether oxygens (including phenoxy) is 1. The van der Waals surface area contributed by atoms with Crippen LogP contribution in [-0.2, 0) is 4.74 Å². The number of benzene rings is 1. The van der Waals surface area contributed by atoms with E-state index in [9.17, 15) is 9.18 Å². The summed E-state index contributed by atoms with van der Waals surface area (Å²) in [6.07, 6.45) is -0.612. The van der Waals surface area contributed by atoms with Gasteiger partial charge in [-0.2, -0.15) is 0 Å².